The first kappa shape index (κ1) is 21.6. The predicted octanol–water partition coefficient (Wildman–Crippen LogP) is 4.62. The second-order valence-electron chi connectivity index (χ2n) is 8.49. The van der Waals surface area contributed by atoms with Crippen molar-refractivity contribution in [1.82, 2.24) is 14.4 Å². The minimum Gasteiger partial charge on any atom is -0.497 e. The number of aromatic nitrogens is 1. The maximum absolute atomic E-state index is 12.1. The average Bonchev–Trinajstić information content (AvgIpc) is 3.18. The van der Waals surface area contributed by atoms with Gasteiger partial charge in [0.1, 0.15) is 5.75 Å². The van der Waals surface area contributed by atoms with Crippen LogP contribution in [0.15, 0.2) is 54.7 Å². The van der Waals surface area contributed by atoms with E-state index in [1.165, 1.54) is 5.56 Å². The summed E-state index contributed by atoms with van der Waals surface area (Å²) in [5.74, 6) is 0.934. The van der Waals surface area contributed by atoms with E-state index in [1.54, 1.807) is 14.0 Å². The molecule has 0 aliphatic carbocycles. The quantitative estimate of drug-likeness (QED) is 0.499. The Hall–Kier alpha value is -2.63. The molecule has 1 aliphatic rings. The fourth-order valence-electron chi connectivity index (χ4n) is 4.65. The van der Waals surface area contributed by atoms with Crippen LogP contribution in [0.1, 0.15) is 42.2 Å². The molecule has 0 radical (unpaired) electrons. The number of fused-ring (bicyclic) bond motifs is 1. The molecule has 1 aliphatic heterocycles. The van der Waals surface area contributed by atoms with Gasteiger partial charge < -0.3 is 14.2 Å². The summed E-state index contributed by atoms with van der Waals surface area (Å²) < 4.78 is 7.61. The molecule has 1 saturated heterocycles. The Morgan fingerprint density at radius 1 is 1.03 bits per heavy atom. The molecule has 2 heterocycles. The van der Waals surface area contributed by atoms with Crippen molar-refractivity contribution >= 4 is 16.7 Å². The van der Waals surface area contributed by atoms with Gasteiger partial charge in [-0.05, 0) is 44.5 Å². The molecule has 0 saturated carbocycles. The van der Waals surface area contributed by atoms with Gasteiger partial charge in [0.2, 0.25) is 0 Å². The molecule has 0 N–H and O–H groups in total. The number of aryl methyl sites for hydroxylation is 1. The minimum atomic E-state index is 0.109. The van der Waals surface area contributed by atoms with Crippen LogP contribution in [0.3, 0.4) is 0 Å². The number of ketones is 1. The number of nitrogens with zero attached hydrogens (tertiary/aromatic N) is 3. The SMILES string of the molecule is COc1ccc2c(C(C)=O)cn(CCCN3CCN(C(C)c4ccccc4)CC3)c2c1. The predicted molar refractivity (Wildman–Crippen MR) is 126 cm³/mol. The van der Waals surface area contributed by atoms with Crippen molar-refractivity contribution < 1.29 is 9.53 Å². The molecule has 0 spiro atoms. The van der Waals surface area contributed by atoms with Crippen molar-refractivity contribution in [2.75, 3.05) is 39.8 Å². The summed E-state index contributed by atoms with van der Waals surface area (Å²) in [6.07, 6.45) is 3.07. The Bertz CT molecular complexity index is 1020. The molecular weight excluding hydrogens is 386 g/mol. The van der Waals surface area contributed by atoms with Gasteiger partial charge in [-0.1, -0.05) is 30.3 Å². The van der Waals surface area contributed by atoms with E-state index in [0.29, 0.717) is 6.04 Å². The Morgan fingerprint density at radius 3 is 2.45 bits per heavy atom. The van der Waals surface area contributed by atoms with Gasteiger partial charge in [0.25, 0.3) is 0 Å². The highest BCUT2D eigenvalue weighted by molar-refractivity contribution is 6.07. The third kappa shape index (κ3) is 4.83. The standard InChI is InChI=1S/C26H33N3O2/c1-20(22-8-5-4-6-9-22)28-16-14-27(15-17-28)12-7-13-29-19-25(21(2)30)24-11-10-23(31-3)18-26(24)29/h4-6,8-11,18-20H,7,12-17H2,1-3H3. The number of ether oxygens (including phenoxy) is 1. The molecule has 0 amide bonds. The number of Topliss-reactive ketones (excluding diaryl/α,β-unsaturated/α-hetero) is 1. The molecule has 1 aromatic heterocycles. The number of hydrogen-bond donors (Lipinski definition) is 0. The van der Waals surface area contributed by atoms with Gasteiger partial charge in [0, 0.05) is 62.0 Å². The summed E-state index contributed by atoms with van der Waals surface area (Å²) in [6.45, 7) is 10.3. The maximum Gasteiger partial charge on any atom is 0.161 e. The summed E-state index contributed by atoms with van der Waals surface area (Å²) in [7, 11) is 1.68. The van der Waals surface area contributed by atoms with Crippen molar-refractivity contribution in [3.63, 3.8) is 0 Å². The number of hydrogen-bond acceptors (Lipinski definition) is 4. The van der Waals surface area contributed by atoms with Gasteiger partial charge in [0.15, 0.2) is 5.78 Å². The van der Waals surface area contributed by atoms with Crippen molar-refractivity contribution in [1.29, 1.82) is 0 Å². The van der Waals surface area contributed by atoms with Crippen LogP contribution in [0.5, 0.6) is 5.75 Å². The van der Waals surface area contributed by atoms with Crippen molar-refractivity contribution in [2.45, 2.75) is 32.9 Å². The van der Waals surface area contributed by atoms with E-state index >= 15 is 0 Å². The second kappa shape index (κ2) is 9.67. The lowest BCUT2D eigenvalue weighted by atomic mass is 10.1. The normalized spacial score (nSPS) is 16.5. The van der Waals surface area contributed by atoms with Crippen molar-refractivity contribution in [3.05, 3.63) is 65.9 Å². The molecule has 1 unspecified atom stereocenters. The van der Waals surface area contributed by atoms with Crippen LogP contribution in [0.2, 0.25) is 0 Å². The Labute approximate surface area is 185 Å². The highest BCUT2D eigenvalue weighted by atomic mass is 16.5. The highest BCUT2D eigenvalue weighted by Gasteiger charge is 2.21. The van der Waals surface area contributed by atoms with Gasteiger partial charge in [-0.3, -0.25) is 9.69 Å². The fourth-order valence-corrected chi connectivity index (χ4v) is 4.65. The lowest BCUT2D eigenvalue weighted by Crippen LogP contribution is -2.47. The molecule has 0 bridgehead atoms. The van der Waals surface area contributed by atoms with Crippen LogP contribution < -0.4 is 4.74 Å². The van der Waals surface area contributed by atoms with Crippen molar-refractivity contribution in [3.8, 4) is 5.75 Å². The number of carbonyl (C=O) groups is 1. The molecule has 164 valence electrons. The lowest BCUT2D eigenvalue weighted by molar-refractivity contribution is 0.101. The summed E-state index contributed by atoms with van der Waals surface area (Å²) in [5, 5.41) is 1.01. The number of piperazine rings is 1. The van der Waals surface area contributed by atoms with Gasteiger partial charge in [-0.2, -0.15) is 0 Å². The smallest absolute Gasteiger partial charge is 0.161 e. The molecule has 5 nitrogen and oxygen atoms in total. The third-order valence-electron chi connectivity index (χ3n) is 6.58. The van der Waals surface area contributed by atoms with Crippen LogP contribution in [-0.4, -0.2) is 60.0 Å². The number of methoxy groups -OCH3 is 1. The van der Waals surface area contributed by atoms with E-state index in [1.807, 2.05) is 24.4 Å². The monoisotopic (exact) mass is 419 g/mol. The van der Waals surface area contributed by atoms with Gasteiger partial charge in [0.05, 0.1) is 12.6 Å². The van der Waals surface area contributed by atoms with E-state index in [4.69, 9.17) is 4.74 Å². The number of benzene rings is 2. The Balaban J connectivity index is 1.33. The lowest BCUT2D eigenvalue weighted by Gasteiger charge is -2.38. The second-order valence-corrected chi connectivity index (χ2v) is 8.49. The van der Waals surface area contributed by atoms with E-state index in [-0.39, 0.29) is 5.78 Å². The summed E-state index contributed by atoms with van der Waals surface area (Å²) >= 11 is 0. The zero-order valence-electron chi connectivity index (χ0n) is 18.9. The van der Waals surface area contributed by atoms with Crippen LogP contribution in [0, 0.1) is 0 Å². The summed E-state index contributed by atoms with van der Waals surface area (Å²) in [6, 6.07) is 17.2. The molecule has 3 aromatic rings. The number of rotatable bonds is 8. The van der Waals surface area contributed by atoms with Gasteiger partial charge >= 0.3 is 0 Å². The largest absolute Gasteiger partial charge is 0.497 e. The zero-order valence-corrected chi connectivity index (χ0v) is 18.9. The average molecular weight is 420 g/mol. The molecular formula is C26H33N3O2. The van der Waals surface area contributed by atoms with Gasteiger partial charge in [-0.15, -0.1) is 0 Å². The van der Waals surface area contributed by atoms with E-state index in [9.17, 15) is 4.79 Å². The maximum atomic E-state index is 12.1. The van der Waals surface area contributed by atoms with E-state index in [0.717, 1.165) is 67.9 Å². The minimum absolute atomic E-state index is 0.109. The third-order valence-corrected chi connectivity index (χ3v) is 6.58. The molecule has 2 aromatic carbocycles. The molecule has 1 fully saturated rings. The van der Waals surface area contributed by atoms with E-state index in [2.05, 4.69) is 51.6 Å². The van der Waals surface area contributed by atoms with Crippen LogP contribution in [0.25, 0.3) is 10.9 Å². The molecule has 5 heteroatoms. The van der Waals surface area contributed by atoms with Crippen LogP contribution >= 0.6 is 0 Å². The first-order valence-electron chi connectivity index (χ1n) is 11.3. The molecule has 31 heavy (non-hydrogen) atoms. The Morgan fingerprint density at radius 2 is 1.77 bits per heavy atom. The topological polar surface area (TPSA) is 37.7 Å². The number of carbonyl (C=O) groups excluding carboxylic acids is 1. The first-order valence-corrected chi connectivity index (χ1v) is 11.3. The van der Waals surface area contributed by atoms with E-state index < -0.39 is 0 Å². The summed E-state index contributed by atoms with van der Waals surface area (Å²) in [4.78, 5) is 17.2. The zero-order chi connectivity index (χ0) is 21.8. The van der Waals surface area contributed by atoms with Crippen LogP contribution in [0.4, 0.5) is 0 Å². The first-order chi connectivity index (χ1) is 15.1. The fraction of sp³-hybridized carbons (Fsp3) is 0.423. The van der Waals surface area contributed by atoms with Gasteiger partial charge in [-0.25, -0.2) is 0 Å². The molecule has 4 rings (SSSR count). The van der Waals surface area contributed by atoms with Crippen LogP contribution in [-0.2, 0) is 6.54 Å². The summed E-state index contributed by atoms with van der Waals surface area (Å²) in [5.41, 5.74) is 3.26. The van der Waals surface area contributed by atoms with Crippen molar-refractivity contribution in [2.24, 2.45) is 0 Å². The Kier molecular flexibility index (Phi) is 6.73. The highest BCUT2D eigenvalue weighted by Crippen LogP contribution is 2.27. The molecule has 1 atom stereocenters.